The van der Waals surface area contributed by atoms with E-state index in [0.717, 1.165) is 36.2 Å². The van der Waals surface area contributed by atoms with Crippen LogP contribution in [-0.2, 0) is 6.54 Å². The number of aryl methyl sites for hydroxylation is 1. The third-order valence-electron chi connectivity index (χ3n) is 5.30. The van der Waals surface area contributed by atoms with Crippen LogP contribution in [0.4, 0.5) is 4.39 Å². The number of benzene rings is 1. The van der Waals surface area contributed by atoms with Crippen LogP contribution in [0.1, 0.15) is 50.9 Å². The van der Waals surface area contributed by atoms with E-state index in [0.29, 0.717) is 29.4 Å². The molecular weight excluding hydrogens is 391 g/mol. The molecule has 0 spiro atoms. The fraction of sp³-hybridized carbons (Fsp3) is 0.458. The zero-order valence-electron chi connectivity index (χ0n) is 18.9. The number of halogens is 1. The van der Waals surface area contributed by atoms with Crippen molar-refractivity contribution in [3.05, 3.63) is 46.9 Å². The lowest BCUT2D eigenvalue weighted by Gasteiger charge is -2.28. The summed E-state index contributed by atoms with van der Waals surface area (Å²) in [7, 11) is 0. The Morgan fingerprint density at radius 1 is 1.23 bits per heavy atom. The van der Waals surface area contributed by atoms with Crippen molar-refractivity contribution in [3.8, 4) is 17.3 Å². The Labute approximate surface area is 183 Å². The van der Waals surface area contributed by atoms with Gasteiger partial charge in [-0.05, 0) is 62.9 Å². The van der Waals surface area contributed by atoms with Gasteiger partial charge in [0.1, 0.15) is 5.82 Å². The number of nitrogens with one attached hydrogen (secondary N) is 3. The number of nitrogens with zero attached hydrogens (tertiary/aromatic N) is 3. The quantitative estimate of drug-likeness (QED) is 0.443. The highest BCUT2D eigenvalue weighted by atomic mass is 19.1. The molecule has 0 atom stereocenters. The second kappa shape index (κ2) is 9.54. The van der Waals surface area contributed by atoms with E-state index >= 15 is 0 Å². The minimum Gasteiger partial charge on any atom is -0.311 e. The maximum Gasteiger partial charge on any atom is 0.182 e. The Kier molecular flexibility index (Phi) is 7.04. The molecule has 0 unspecified atom stereocenters. The number of pyridine rings is 1. The number of hydrogen-bond acceptors (Lipinski definition) is 5. The van der Waals surface area contributed by atoms with Gasteiger partial charge in [0, 0.05) is 41.8 Å². The third kappa shape index (κ3) is 5.66. The van der Waals surface area contributed by atoms with Gasteiger partial charge in [0.15, 0.2) is 5.65 Å². The largest absolute Gasteiger partial charge is 0.311 e. The summed E-state index contributed by atoms with van der Waals surface area (Å²) in [5.41, 5.74) is 3.76. The van der Waals surface area contributed by atoms with E-state index in [1.54, 1.807) is 12.1 Å². The summed E-state index contributed by atoms with van der Waals surface area (Å²) in [6.45, 7) is 13.2. The summed E-state index contributed by atoms with van der Waals surface area (Å²) in [5, 5.41) is 24.3. The first-order valence-corrected chi connectivity index (χ1v) is 10.7. The fourth-order valence-corrected chi connectivity index (χ4v) is 4.14. The highest BCUT2D eigenvalue weighted by Crippen LogP contribution is 2.28. The van der Waals surface area contributed by atoms with Gasteiger partial charge in [-0.1, -0.05) is 13.8 Å². The summed E-state index contributed by atoms with van der Waals surface area (Å²) in [6, 6.07) is 8.29. The van der Waals surface area contributed by atoms with Crippen LogP contribution in [-0.4, -0.2) is 33.8 Å². The molecule has 3 rings (SSSR count). The molecule has 0 saturated heterocycles. The Bertz CT molecular complexity index is 1090. The van der Waals surface area contributed by atoms with Crippen LogP contribution in [0.5, 0.6) is 0 Å². The number of aromatic nitrogens is 3. The van der Waals surface area contributed by atoms with Crippen LogP contribution < -0.4 is 10.6 Å². The molecule has 0 aliphatic carbocycles. The Hall–Kier alpha value is -2.82. The molecule has 7 heteroatoms. The number of nitriles is 1. The second-order valence-corrected chi connectivity index (χ2v) is 9.11. The lowest BCUT2D eigenvalue weighted by molar-refractivity contribution is 0.318. The molecule has 3 N–H and O–H groups in total. The Morgan fingerprint density at radius 2 is 2.00 bits per heavy atom. The van der Waals surface area contributed by atoms with E-state index in [2.05, 4.69) is 53.5 Å². The molecule has 164 valence electrons. The number of H-pyrrole nitrogens is 1. The molecule has 0 bridgehead atoms. The van der Waals surface area contributed by atoms with Gasteiger partial charge in [0.25, 0.3) is 0 Å². The van der Waals surface area contributed by atoms with Gasteiger partial charge in [0.2, 0.25) is 0 Å². The topological polar surface area (TPSA) is 89.4 Å². The van der Waals surface area contributed by atoms with Crippen molar-refractivity contribution >= 4 is 11.0 Å². The van der Waals surface area contributed by atoms with Crippen LogP contribution in [0, 0.1) is 30.0 Å². The van der Waals surface area contributed by atoms with Gasteiger partial charge in [-0.3, -0.25) is 5.10 Å². The van der Waals surface area contributed by atoms with Gasteiger partial charge >= 0.3 is 0 Å². The number of hydrogen-bond donors (Lipinski definition) is 3. The van der Waals surface area contributed by atoms with Crippen molar-refractivity contribution < 1.29 is 4.39 Å². The first-order chi connectivity index (χ1) is 14.7. The number of fused-ring (bicyclic) bond motifs is 1. The lowest BCUT2D eigenvalue weighted by atomic mass is 9.93. The fourth-order valence-electron chi connectivity index (χ4n) is 4.14. The van der Waals surface area contributed by atoms with Gasteiger partial charge in [-0.15, -0.1) is 0 Å². The van der Waals surface area contributed by atoms with Gasteiger partial charge in [-0.2, -0.15) is 10.4 Å². The first kappa shape index (κ1) is 22.9. The first-order valence-electron chi connectivity index (χ1n) is 10.7. The smallest absolute Gasteiger partial charge is 0.182 e. The highest BCUT2D eigenvalue weighted by Gasteiger charge is 2.18. The second-order valence-electron chi connectivity index (χ2n) is 9.11. The summed E-state index contributed by atoms with van der Waals surface area (Å²) in [6.07, 6.45) is 1.12. The number of aromatic amines is 1. The summed E-state index contributed by atoms with van der Waals surface area (Å²) in [4.78, 5) is 4.54. The standard InChI is InChI=1S/C24H31FN6/c1-15(2)12-24(4,5)28-9-8-27-14-18-11-21(29-23-22(18)16(3)30-31-23)19-7-6-17(13-26)10-20(19)25/h6-7,10-11,15,27-28H,8-9,12,14H2,1-5H3,(H,29,30,31). The average molecular weight is 423 g/mol. The average Bonchev–Trinajstić information content (AvgIpc) is 3.07. The van der Waals surface area contributed by atoms with Gasteiger partial charge in [-0.25, -0.2) is 9.37 Å². The van der Waals surface area contributed by atoms with E-state index in [4.69, 9.17) is 5.26 Å². The van der Waals surface area contributed by atoms with Crippen LogP contribution in [0.2, 0.25) is 0 Å². The Morgan fingerprint density at radius 3 is 2.68 bits per heavy atom. The molecule has 6 nitrogen and oxygen atoms in total. The van der Waals surface area contributed by atoms with E-state index in [1.807, 2.05) is 19.1 Å². The van der Waals surface area contributed by atoms with Crippen molar-refractivity contribution in [2.24, 2.45) is 5.92 Å². The minimum absolute atomic E-state index is 0.0984. The summed E-state index contributed by atoms with van der Waals surface area (Å²) < 4.78 is 14.6. The van der Waals surface area contributed by atoms with E-state index in [9.17, 15) is 4.39 Å². The molecule has 0 aliphatic heterocycles. The minimum atomic E-state index is -0.464. The van der Waals surface area contributed by atoms with Crippen LogP contribution in [0.3, 0.4) is 0 Å². The molecule has 1 aromatic carbocycles. The third-order valence-corrected chi connectivity index (χ3v) is 5.30. The molecule has 0 amide bonds. The Balaban J connectivity index is 1.76. The van der Waals surface area contributed by atoms with E-state index in [-0.39, 0.29) is 11.1 Å². The predicted molar refractivity (Wildman–Crippen MR) is 122 cm³/mol. The predicted octanol–water partition coefficient (Wildman–Crippen LogP) is 4.45. The normalized spacial score (nSPS) is 11.9. The zero-order chi connectivity index (χ0) is 22.6. The maximum absolute atomic E-state index is 14.6. The van der Waals surface area contributed by atoms with Crippen molar-refractivity contribution in [1.29, 1.82) is 5.26 Å². The molecule has 3 aromatic rings. The molecule has 0 fully saturated rings. The van der Waals surface area contributed by atoms with Crippen LogP contribution in [0.15, 0.2) is 24.3 Å². The SMILES string of the molecule is Cc1[nH]nc2nc(-c3ccc(C#N)cc3F)cc(CNCCNC(C)(C)CC(C)C)c12. The van der Waals surface area contributed by atoms with E-state index < -0.39 is 5.82 Å². The van der Waals surface area contributed by atoms with Gasteiger partial charge in [0.05, 0.1) is 17.3 Å². The molecule has 2 heterocycles. The van der Waals surface area contributed by atoms with Gasteiger partial charge < -0.3 is 10.6 Å². The van der Waals surface area contributed by atoms with Crippen LogP contribution in [0.25, 0.3) is 22.3 Å². The molecule has 31 heavy (non-hydrogen) atoms. The van der Waals surface area contributed by atoms with E-state index in [1.165, 1.54) is 6.07 Å². The van der Waals surface area contributed by atoms with Crippen molar-refractivity contribution in [2.75, 3.05) is 13.1 Å². The zero-order valence-corrected chi connectivity index (χ0v) is 18.9. The van der Waals surface area contributed by atoms with Crippen molar-refractivity contribution in [3.63, 3.8) is 0 Å². The van der Waals surface area contributed by atoms with Crippen molar-refractivity contribution in [1.82, 2.24) is 25.8 Å². The monoisotopic (exact) mass is 422 g/mol. The highest BCUT2D eigenvalue weighted by molar-refractivity contribution is 5.84. The molecular formula is C24H31FN6. The molecule has 0 aliphatic rings. The molecule has 2 aromatic heterocycles. The number of rotatable bonds is 9. The molecule has 0 radical (unpaired) electrons. The maximum atomic E-state index is 14.6. The molecule has 0 saturated carbocycles. The van der Waals surface area contributed by atoms with Crippen LogP contribution >= 0.6 is 0 Å². The van der Waals surface area contributed by atoms with Crippen molar-refractivity contribution in [2.45, 2.75) is 53.1 Å². The summed E-state index contributed by atoms with van der Waals surface area (Å²) in [5.74, 6) is 0.180. The lowest BCUT2D eigenvalue weighted by Crippen LogP contribution is -2.43. The summed E-state index contributed by atoms with van der Waals surface area (Å²) >= 11 is 0.